The number of amides is 12. The first kappa shape index (κ1) is 93.5. The first-order valence-corrected chi connectivity index (χ1v) is 36.6. The Balaban J connectivity index is 2.49. The number of hydrogen-bond acceptors (Lipinski definition) is 18. The van der Waals surface area contributed by atoms with Gasteiger partial charge in [0.2, 0.25) is 70.9 Å². The summed E-state index contributed by atoms with van der Waals surface area (Å²) in [7, 11) is 0. The number of rotatable bonds is 50. The average Bonchev–Trinajstić information content (AvgIpc) is 1.63. The van der Waals surface area contributed by atoms with Crippen LogP contribution < -0.4 is 122 Å². The van der Waals surface area contributed by atoms with Crippen molar-refractivity contribution in [3.63, 3.8) is 0 Å². The van der Waals surface area contributed by atoms with Gasteiger partial charge in [0.05, 0.1) is 6.04 Å². The quantitative estimate of drug-likeness (QED) is 0.0167. The van der Waals surface area contributed by atoms with Crippen LogP contribution in [0.2, 0.25) is 0 Å². The fourth-order valence-corrected chi connectivity index (χ4v) is 11.0. The molecule has 34 N–H and O–H groups in total. The number of nitrogens with one attached hydrogen (secondary N) is 12. The van der Waals surface area contributed by atoms with Gasteiger partial charge >= 0.3 is 0 Å². The van der Waals surface area contributed by atoms with Crippen LogP contribution >= 0.6 is 0 Å². The van der Waals surface area contributed by atoms with Gasteiger partial charge in [-0.2, -0.15) is 0 Å². The normalized spacial score (nSPS) is 15.1. The summed E-state index contributed by atoms with van der Waals surface area (Å²) in [6.45, 7) is 18.3. The smallest absolute Gasteiger partial charge is 0.244 e. The lowest BCUT2D eigenvalue weighted by atomic mass is 9.96. The van der Waals surface area contributed by atoms with E-state index >= 15 is 0 Å². The van der Waals surface area contributed by atoms with Crippen molar-refractivity contribution in [1.29, 1.82) is 0 Å². The molecule has 0 aliphatic carbocycles. The van der Waals surface area contributed by atoms with Gasteiger partial charge in [-0.1, -0.05) is 100 Å². The number of benzene rings is 1. The zero-order chi connectivity index (χ0) is 81.7. The summed E-state index contributed by atoms with van der Waals surface area (Å²) >= 11 is 0. The van der Waals surface area contributed by atoms with Gasteiger partial charge in [-0.15, -0.1) is 0 Å². The molecule has 1 heterocycles. The molecule has 39 nitrogen and oxygen atoms in total. The Morgan fingerprint density at radius 1 is 0.398 bits per heavy atom. The van der Waals surface area contributed by atoms with E-state index in [1.54, 1.807) is 79.8 Å². The van der Waals surface area contributed by atoms with E-state index in [2.05, 4.69) is 83.4 Å². The highest BCUT2D eigenvalue weighted by Gasteiger charge is 2.39. The van der Waals surface area contributed by atoms with Crippen LogP contribution in [0.4, 0.5) is 0 Å². The number of primary amides is 1. The van der Waals surface area contributed by atoms with Crippen molar-refractivity contribution < 1.29 is 57.5 Å². The third-order valence-corrected chi connectivity index (χ3v) is 17.9. The molecule has 39 heteroatoms. The third kappa shape index (κ3) is 33.5. The minimum absolute atomic E-state index is 0.00126. The van der Waals surface area contributed by atoms with Gasteiger partial charge in [0, 0.05) is 56.2 Å². The minimum atomic E-state index is -1.48. The van der Waals surface area contributed by atoms with Gasteiger partial charge in [0.1, 0.15) is 66.5 Å². The maximum absolute atomic E-state index is 14.9. The van der Waals surface area contributed by atoms with E-state index in [9.17, 15) is 57.5 Å². The number of nitrogens with two attached hydrogens (primary N) is 11. The summed E-state index contributed by atoms with van der Waals surface area (Å²) in [5, 5.41) is 30.2. The standard InChI is InChI=1S/C69H123N27O12/c1-12-37(9)52(64(107)92-48(31-40-33-85-42-21-15-14-20-41(40)42)59(102)88-44(23-17-27-82-67(75)76)56(99)87-43(54(72)97)22-16-26-81-66(73)74)95-58(101)46(25-19-29-84-69(79)80)90-63(106)51(36(7)8)94-55(98)39(11)86-61(104)49(32-70)93-65(108)53(38(10)13-2)96-60(103)47(30-34(3)4)91-57(100)45(24-18-28-83-68(77)78)89-62(105)50(71)35(5)6/h14-15,20-21,33-39,43-53,85H,12-13,16-19,22-32,70-71H2,1-11H3,(H2,72,97)(H,86,104)(H,87,99)(H,88,102)(H,89,105)(H,90,106)(H,91,100)(H,92,107)(H,93,108)(H,94,98)(H,95,101)(H,96,103)(H4,73,74,81)(H4,75,76,82)(H4,77,78,83)(H4,79,80,84)/t37-,38-,39-,43-,44-,45-,46-,47-,48-,49-,50-,51-,52-,53-/m0/s1. The highest BCUT2D eigenvalue weighted by Crippen LogP contribution is 2.21. The monoisotopic (exact) mass is 1520 g/mol. The average molecular weight is 1520 g/mol. The topological polar surface area (TPSA) is 689 Å². The molecule has 2 aromatic rings. The number of hydrogen-bond donors (Lipinski definition) is 23. The van der Waals surface area contributed by atoms with Crippen molar-refractivity contribution in [3.8, 4) is 0 Å². The maximum atomic E-state index is 14.9. The van der Waals surface area contributed by atoms with Crippen LogP contribution in [0, 0.1) is 29.6 Å². The second kappa shape index (κ2) is 47.9. The fraction of sp³-hybridized carbons (Fsp3) is 0.652. The number of carbonyl (C=O) groups excluding carboxylic acids is 12. The highest BCUT2D eigenvalue weighted by molar-refractivity contribution is 6.00. The molecule has 0 aliphatic heterocycles. The van der Waals surface area contributed by atoms with Crippen LogP contribution in [0.1, 0.15) is 152 Å². The largest absolute Gasteiger partial charge is 0.370 e. The molecule has 0 radical (unpaired) electrons. The summed E-state index contributed by atoms with van der Waals surface area (Å²) in [4.78, 5) is 188. The van der Waals surface area contributed by atoms with Crippen LogP contribution in [0.25, 0.3) is 10.9 Å². The first-order chi connectivity index (χ1) is 50.8. The molecule has 1 aromatic heterocycles. The molecule has 0 saturated carbocycles. The molecule has 0 saturated heterocycles. The summed E-state index contributed by atoms with van der Waals surface area (Å²) in [5.41, 5.74) is 63.4. The Bertz CT molecular complexity index is 3420. The maximum Gasteiger partial charge on any atom is 0.244 e. The number of fused-ring (bicyclic) bond motifs is 1. The summed E-state index contributed by atoms with van der Waals surface area (Å²) in [6.07, 6.45) is 2.93. The number of nitrogens with zero attached hydrogens (tertiary/aromatic N) is 4. The Morgan fingerprint density at radius 2 is 0.750 bits per heavy atom. The molecule has 0 spiro atoms. The number of aliphatic imine (C=N–C) groups is 4. The molecule has 0 bridgehead atoms. The number of aromatic amines is 1. The zero-order valence-corrected chi connectivity index (χ0v) is 64.3. The van der Waals surface area contributed by atoms with Gasteiger partial charge in [-0.05, 0) is 106 Å². The molecule has 0 unspecified atom stereocenters. The first-order valence-electron chi connectivity index (χ1n) is 36.6. The van der Waals surface area contributed by atoms with E-state index in [1.165, 1.54) is 6.92 Å². The summed E-state index contributed by atoms with van der Waals surface area (Å²) in [5.74, 6) is -12.9. The molecule has 606 valence electrons. The molecule has 1 aromatic carbocycles. The van der Waals surface area contributed by atoms with Crippen LogP contribution in [0.3, 0.4) is 0 Å². The molecular formula is C69H123N27O12. The van der Waals surface area contributed by atoms with Gasteiger partial charge in [-0.3, -0.25) is 77.5 Å². The van der Waals surface area contributed by atoms with Crippen molar-refractivity contribution in [2.45, 2.75) is 226 Å². The molecule has 108 heavy (non-hydrogen) atoms. The van der Waals surface area contributed by atoms with E-state index in [-0.39, 0.29) is 126 Å². The SMILES string of the molecule is CC[C@H](C)[C@H](NC(=O)[C@H](CC(C)C)NC(=O)[C@H](CCCN=C(N)N)NC(=O)[C@@H](N)C(C)C)C(=O)N[C@@H](CN)C(=O)N[C@@H](C)C(=O)N[C@H](C(=O)N[C@@H](CCCN=C(N)N)C(=O)N[C@H](C(=O)N[C@@H](Cc1c[nH]c2ccccc12)C(=O)N[C@@H](CCCN=C(N)N)C(=O)N[C@@H](CCCN=C(N)N)C(N)=O)[C@@H](C)CC)C(C)C. The lowest BCUT2D eigenvalue weighted by molar-refractivity contribution is -0.137. The van der Waals surface area contributed by atoms with Gasteiger partial charge < -0.3 is 127 Å². The Labute approximate surface area is 631 Å². The Kier molecular flexibility index (Phi) is 41.4. The van der Waals surface area contributed by atoms with E-state index < -0.39 is 168 Å². The fourth-order valence-electron chi connectivity index (χ4n) is 11.0. The number of carbonyl (C=O) groups is 12. The van der Waals surface area contributed by atoms with Gasteiger partial charge in [0.25, 0.3) is 0 Å². The minimum Gasteiger partial charge on any atom is -0.370 e. The van der Waals surface area contributed by atoms with E-state index in [1.807, 2.05) is 19.9 Å². The Morgan fingerprint density at radius 3 is 1.17 bits per heavy atom. The van der Waals surface area contributed by atoms with Crippen LogP contribution in [-0.4, -0.2) is 205 Å². The van der Waals surface area contributed by atoms with Gasteiger partial charge in [0.15, 0.2) is 23.8 Å². The lowest BCUT2D eigenvalue weighted by Gasteiger charge is -2.30. The van der Waals surface area contributed by atoms with Crippen molar-refractivity contribution in [2.75, 3.05) is 32.7 Å². The van der Waals surface area contributed by atoms with E-state index in [0.717, 1.165) is 0 Å². The van der Waals surface area contributed by atoms with Crippen LogP contribution in [-0.2, 0) is 64.0 Å². The molecule has 14 atom stereocenters. The number of para-hydroxylation sites is 1. The molecular weight excluding hydrogens is 1400 g/mol. The van der Waals surface area contributed by atoms with Gasteiger partial charge in [-0.25, -0.2) is 0 Å². The number of guanidine groups is 4. The predicted octanol–water partition coefficient (Wildman–Crippen LogP) is -5.50. The highest BCUT2D eigenvalue weighted by atomic mass is 16.2. The predicted molar refractivity (Wildman–Crippen MR) is 413 cm³/mol. The molecule has 0 fully saturated rings. The van der Waals surface area contributed by atoms with Crippen molar-refractivity contribution in [2.24, 2.45) is 113 Å². The van der Waals surface area contributed by atoms with Crippen molar-refractivity contribution >= 4 is 106 Å². The van der Waals surface area contributed by atoms with Crippen molar-refractivity contribution in [1.82, 2.24) is 63.5 Å². The lowest BCUT2D eigenvalue weighted by Crippen LogP contribution is -2.62. The molecule has 0 aliphatic rings. The van der Waals surface area contributed by atoms with Crippen LogP contribution in [0.15, 0.2) is 50.4 Å². The summed E-state index contributed by atoms with van der Waals surface area (Å²) < 4.78 is 0. The second-order valence-corrected chi connectivity index (χ2v) is 28.0. The third-order valence-electron chi connectivity index (χ3n) is 17.9. The van der Waals surface area contributed by atoms with E-state index in [0.29, 0.717) is 29.3 Å². The van der Waals surface area contributed by atoms with Crippen molar-refractivity contribution in [3.05, 3.63) is 36.0 Å². The molecule has 2 rings (SSSR count). The zero-order valence-electron chi connectivity index (χ0n) is 64.3. The number of aromatic nitrogens is 1. The number of H-pyrrole nitrogens is 1. The second-order valence-electron chi connectivity index (χ2n) is 28.0. The molecule has 12 amide bonds. The van der Waals surface area contributed by atoms with E-state index in [4.69, 9.17) is 63.1 Å². The summed E-state index contributed by atoms with van der Waals surface area (Å²) in [6, 6.07) is -8.53. The van der Waals surface area contributed by atoms with Crippen LogP contribution in [0.5, 0.6) is 0 Å². The Hall–Kier alpha value is -10.6.